The van der Waals surface area contributed by atoms with Gasteiger partial charge in [-0.25, -0.2) is 0 Å². The molecule has 1 atom stereocenters. The molecule has 0 bridgehead atoms. The van der Waals surface area contributed by atoms with Gasteiger partial charge in [-0.3, -0.25) is 0 Å². The zero-order chi connectivity index (χ0) is 15.2. The molecule has 0 radical (unpaired) electrons. The molecular weight excluding hydrogens is 328 g/mol. The van der Waals surface area contributed by atoms with Crippen molar-refractivity contribution in [3.8, 4) is 0 Å². The first-order valence-corrected chi connectivity index (χ1v) is 8.66. The summed E-state index contributed by atoms with van der Waals surface area (Å²) < 4.78 is 6.70. The second kappa shape index (κ2) is 8.16. The second-order valence-corrected chi connectivity index (χ2v) is 7.10. The molecule has 0 aliphatic carbocycles. The van der Waals surface area contributed by atoms with Crippen molar-refractivity contribution < 1.29 is 4.74 Å². The Kier molecular flexibility index (Phi) is 6.52. The topological polar surface area (TPSA) is 24.5 Å². The van der Waals surface area contributed by atoms with Crippen molar-refractivity contribution in [2.24, 2.45) is 5.92 Å². The molecule has 0 saturated carbocycles. The summed E-state index contributed by atoms with van der Waals surface area (Å²) in [5.74, 6) is 0.683. The van der Waals surface area contributed by atoms with Gasteiger partial charge in [0.2, 0.25) is 0 Å². The Labute approximate surface area is 137 Å². The van der Waals surface area contributed by atoms with E-state index in [1.165, 1.54) is 28.6 Å². The minimum Gasteiger partial charge on any atom is -0.380 e. The zero-order valence-electron chi connectivity index (χ0n) is 13.4. The number of anilines is 1. The van der Waals surface area contributed by atoms with Crippen molar-refractivity contribution in [2.75, 3.05) is 31.6 Å². The van der Waals surface area contributed by atoms with Crippen molar-refractivity contribution in [1.29, 1.82) is 0 Å². The first kappa shape index (κ1) is 16.8. The van der Waals surface area contributed by atoms with Crippen LogP contribution in [0.2, 0.25) is 0 Å². The predicted molar refractivity (Wildman–Crippen MR) is 92.9 cm³/mol. The number of nitrogens with one attached hydrogen (secondary N) is 1. The number of halogens is 1. The molecule has 3 nitrogen and oxygen atoms in total. The van der Waals surface area contributed by atoms with E-state index in [1.807, 2.05) is 7.11 Å². The molecule has 118 valence electrons. The normalized spacial score (nSPS) is 19.3. The molecule has 0 aromatic heterocycles. The number of benzene rings is 1. The summed E-state index contributed by atoms with van der Waals surface area (Å²) in [4.78, 5) is 2.42. The first-order chi connectivity index (χ1) is 10.1. The monoisotopic (exact) mass is 354 g/mol. The molecule has 2 rings (SSSR count). The molecule has 1 aromatic rings. The highest BCUT2D eigenvalue weighted by Crippen LogP contribution is 2.27. The number of hydrogen-bond acceptors (Lipinski definition) is 3. The second-order valence-electron chi connectivity index (χ2n) is 6.25. The molecular formula is C17H27BrN2O. The Morgan fingerprint density at radius 1 is 1.43 bits per heavy atom. The maximum atomic E-state index is 5.51. The quantitative estimate of drug-likeness (QED) is 0.840. The van der Waals surface area contributed by atoms with Crippen LogP contribution in [0.3, 0.4) is 0 Å². The van der Waals surface area contributed by atoms with Gasteiger partial charge in [-0.15, -0.1) is 0 Å². The van der Waals surface area contributed by atoms with Gasteiger partial charge < -0.3 is 15.0 Å². The largest absolute Gasteiger partial charge is 0.380 e. The number of nitrogens with zero attached hydrogens (tertiary/aromatic N) is 1. The predicted octanol–water partition coefficient (Wildman–Crippen LogP) is 3.81. The van der Waals surface area contributed by atoms with Crippen LogP contribution in [-0.4, -0.2) is 32.8 Å². The van der Waals surface area contributed by atoms with Crippen LogP contribution in [0.5, 0.6) is 0 Å². The number of hydrogen-bond donors (Lipinski definition) is 1. The van der Waals surface area contributed by atoms with Gasteiger partial charge in [0.05, 0.1) is 6.10 Å². The minimum absolute atomic E-state index is 0.366. The van der Waals surface area contributed by atoms with Crippen LogP contribution in [0.4, 0.5) is 5.69 Å². The maximum absolute atomic E-state index is 5.51. The van der Waals surface area contributed by atoms with E-state index in [4.69, 9.17) is 4.74 Å². The third-order valence-corrected chi connectivity index (χ3v) is 4.72. The van der Waals surface area contributed by atoms with Crippen LogP contribution in [0.15, 0.2) is 22.7 Å². The van der Waals surface area contributed by atoms with Gasteiger partial charge in [0.1, 0.15) is 0 Å². The fraction of sp³-hybridized carbons (Fsp3) is 0.647. The molecule has 1 aliphatic heterocycles. The smallest absolute Gasteiger partial charge is 0.0746 e. The lowest BCUT2D eigenvalue weighted by atomic mass is 10.1. The first-order valence-electron chi connectivity index (χ1n) is 7.87. The Balaban J connectivity index is 1.97. The van der Waals surface area contributed by atoms with E-state index in [0.29, 0.717) is 12.0 Å². The number of methoxy groups -OCH3 is 1. The van der Waals surface area contributed by atoms with Crippen LogP contribution >= 0.6 is 15.9 Å². The zero-order valence-corrected chi connectivity index (χ0v) is 14.9. The van der Waals surface area contributed by atoms with Crippen molar-refractivity contribution in [3.63, 3.8) is 0 Å². The van der Waals surface area contributed by atoms with Gasteiger partial charge in [-0.2, -0.15) is 0 Å². The third-order valence-electron chi connectivity index (χ3n) is 3.98. The maximum Gasteiger partial charge on any atom is 0.0746 e. The summed E-state index contributed by atoms with van der Waals surface area (Å²) >= 11 is 3.72. The number of piperidine rings is 1. The van der Waals surface area contributed by atoms with Crippen molar-refractivity contribution >= 4 is 21.6 Å². The van der Waals surface area contributed by atoms with Gasteiger partial charge in [-0.05, 0) is 43.0 Å². The van der Waals surface area contributed by atoms with Gasteiger partial charge in [-0.1, -0.05) is 35.8 Å². The van der Waals surface area contributed by atoms with E-state index in [9.17, 15) is 0 Å². The van der Waals surface area contributed by atoms with E-state index in [1.54, 1.807) is 0 Å². The van der Waals surface area contributed by atoms with Crippen LogP contribution in [0.25, 0.3) is 0 Å². The van der Waals surface area contributed by atoms with Gasteiger partial charge in [0.15, 0.2) is 0 Å². The fourth-order valence-corrected chi connectivity index (χ4v) is 3.24. The molecule has 1 unspecified atom stereocenters. The molecule has 21 heavy (non-hydrogen) atoms. The van der Waals surface area contributed by atoms with Gasteiger partial charge in [0, 0.05) is 36.9 Å². The lowest BCUT2D eigenvalue weighted by molar-refractivity contribution is 0.0893. The van der Waals surface area contributed by atoms with Crippen LogP contribution < -0.4 is 10.2 Å². The van der Waals surface area contributed by atoms with Crippen molar-refractivity contribution in [1.82, 2.24) is 5.32 Å². The third kappa shape index (κ3) is 4.97. The van der Waals surface area contributed by atoms with Crippen LogP contribution in [0, 0.1) is 5.92 Å². The fourth-order valence-electron chi connectivity index (χ4n) is 2.74. The van der Waals surface area contributed by atoms with Crippen molar-refractivity contribution in [2.45, 2.75) is 39.3 Å². The highest BCUT2D eigenvalue weighted by Gasteiger charge is 2.20. The standard InChI is InChI=1S/C17H27BrN2O/c1-13(2)10-19-11-14-6-7-15(9-17(14)18)20-8-4-5-16(12-20)21-3/h6-7,9,13,16,19H,4-5,8,10-12H2,1-3H3. The summed E-state index contributed by atoms with van der Waals surface area (Å²) in [6.45, 7) is 8.54. The summed E-state index contributed by atoms with van der Waals surface area (Å²) in [5.41, 5.74) is 2.61. The molecule has 1 saturated heterocycles. The molecule has 0 spiro atoms. The molecule has 1 aliphatic rings. The Hall–Kier alpha value is -0.580. The van der Waals surface area contributed by atoms with Crippen LogP contribution in [0.1, 0.15) is 32.3 Å². The number of rotatable bonds is 6. The highest BCUT2D eigenvalue weighted by atomic mass is 79.9. The SMILES string of the molecule is COC1CCCN(c2ccc(CNCC(C)C)c(Br)c2)C1. The average molecular weight is 355 g/mol. The summed E-state index contributed by atoms with van der Waals surface area (Å²) in [7, 11) is 1.81. The van der Waals surface area contributed by atoms with E-state index in [0.717, 1.165) is 26.2 Å². The molecule has 0 amide bonds. The molecule has 1 N–H and O–H groups in total. The highest BCUT2D eigenvalue weighted by molar-refractivity contribution is 9.10. The van der Waals surface area contributed by atoms with Gasteiger partial charge >= 0.3 is 0 Å². The Morgan fingerprint density at radius 2 is 2.24 bits per heavy atom. The van der Waals surface area contributed by atoms with Crippen LogP contribution in [-0.2, 0) is 11.3 Å². The lowest BCUT2D eigenvalue weighted by Gasteiger charge is -2.34. The van der Waals surface area contributed by atoms with E-state index >= 15 is 0 Å². The Morgan fingerprint density at radius 3 is 2.90 bits per heavy atom. The molecule has 1 heterocycles. The molecule has 1 fully saturated rings. The van der Waals surface area contributed by atoms with E-state index in [2.05, 4.69) is 58.2 Å². The van der Waals surface area contributed by atoms with Crippen molar-refractivity contribution in [3.05, 3.63) is 28.2 Å². The summed E-state index contributed by atoms with van der Waals surface area (Å²) in [5, 5.41) is 3.49. The molecule has 4 heteroatoms. The summed E-state index contributed by atoms with van der Waals surface area (Å²) in [6.07, 6.45) is 2.74. The van der Waals surface area contributed by atoms with E-state index in [-0.39, 0.29) is 0 Å². The number of ether oxygens (including phenoxy) is 1. The lowest BCUT2D eigenvalue weighted by Crippen LogP contribution is -2.39. The molecule has 1 aromatic carbocycles. The van der Waals surface area contributed by atoms with E-state index < -0.39 is 0 Å². The average Bonchev–Trinajstić information content (AvgIpc) is 2.48. The summed E-state index contributed by atoms with van der Waals surface area (Å²) in [6, 6.07) is 6.70. The Bertz CT molecular complexity index is 450. The minimum atomic E-state index is 0.366. The van der Waals surface area contributed by atoms with Gasteiger partial charge in [0.25, 0.3) is 0 Å².